The second kappa shape index (κ2) is 10.4. The van der Waals surface area contributed by atoms with Crippen LogP contribution in [0.15, 0.2) is 48.7 Å². The number of aromatic nitrogens is 1. The van der Waals surface area contributed by atoms with Gasteiger partial charge in [0.2, 0.25) is 0 Å². The Bertz CT molecular complexity index is 1060. The number of benzene rings is 2. The molecule has 1 heterocycles. The molecule has 0 aliphatic rings. The molecule has 0 saturated heterocycles. The van der Waals surface area contributed by atoms with E-state index in [1.165, 1.54) is 13.3 Å². The number of nitrogens with zero attached hydrogens (tertiary/aromatic N) is 1. The van der Waals surface area contributed by atoms with Gasteiger partial charge in [-0.25, -0.2) is 9.59 Å². The van der Waals surface area contributed by atoms with Gasteiger partial charge in [0.1, 0.15) is 11.3 Å². The highest BCUT2D eigenvalue weighted by Gasteiger charge is 2.18. The minimum Gasteiger partial charge on any atom is -0.494 e. The molecule has 0 bridgehead atoms. The van der Waals surface area contributed by atoms with Crippen LogP contribution in [0.4, 0.5) is 11.4 Å². The summed E-state index contributed by atoms with van der Waals surface area (Å²) in [6.45, 7) is 4.76. The Labute approximate surface area is 181 Å². The van der Waals surface area contributed by atoms with Crippen molar-refractivity contribution < 1.29 is 23.8 Å². The first-order valence-electron chi connectivity index (χ1n) is 10.3. The average Bonchev–Trinajstić information content (AvgIpc) is 2.79. The van der Waals surface area contributed by atoms with Gasteiger partial charge in [0.15, 0.2) is 0 Å². The first-order chi connectivity index (χ1) is 15.1. The lowest BCUT2D eigenvalue weighted by molar-refractivity contribution is 0.0526. The van der Waals surface area contributed by atoms with E-state index in [0.717, 1.165) is 24.3 Å². The van der Waals surface area contributed by atoms with E-state index in [9.17, 15) is 9.59 Å². The molecule has 7 nitrogen and oxygen atoms in total. The number of rotatable bonds is 9. The minimum atomic E-state index is -0.498. The standard InChI is InChI=1S/C24H26N2O5/c1-4-6-13-31-18-10-8-17(9-11-18)26-22-19-14-16(23(27)29-3)7-12-21(19)25-15-20(22)24(28)30-5-2/h7-12,14-15H,4-6,13H2,1-3H3,(H,25,26). The van der Waals surface area contributed by atoms with Gasteiger partial charge in [0.05, 0.1) is 37.1 Å². The fourth-order valence-corrected chi connectivity index (χ4v) is 3.05. The van der Waals surface area contributed by atoms with Gasteiger partial charge < -0.3 is 19.5 Å². The third kappa shape index (κ3) is 5.31. The van der Waals surface area contributed by atoms with Crippen LogP contribution >= 0.6 is 0 Å². The molecule has 7 heteroatoms. The lowest BCUT2D eigenvalue weighted by Crippen LogP contribution is -2.10. The lowest BCUT2D eigenvalue weighted by atomic mass is 10.1. The van der Waals surface area contributed by atoms with E-state index in [2.05, 4.69) is 17.2 Å². The maximum Gasteiger partial charge on any atom is 0.341 e. The number of ether oxygens (including phenoxy) is 3. The van der Waals surface area contributed by atoms with Gasteiger partial charge in [-0.05, 0) is 55.8 Å². The Morgan fingerprint density at radius 3 is 2.48 bits per heavy atom. The van der Waals surface area contributed by atoms with Gasteiger partial charge in [0, 0.05) is 17.3 Å². The third-order valence-corrected chi connectivity index (χ3v) is 4.67. The van der Waals surface area contributed by atoms with Crippen LogP contribution in [0.1, 0.15) is 47.4 Å². The summed E-state index contributed by atoms with van der Waals surface area (Å²) in [5.41, 5.74) is 2.53. The van der Waals surface area contributed by atoms with Gasteiger partial charge in [-0.2, -0.15) is 0 Å². The zero-order valence-corrected chi connectivity index (χ0v) is 17.9. The first kappa shape index (κ1) is 22.1. The van der Waals surface area contributed by atoms with E-state index < -0.39 is 11.9 Å². The Hall–Kier alpha value is -3.61. The molecular weight excluding hydrogens is 396 g/mol. The highest BCUT2D eigenvalue weighted by atomic mass is 16.5. The van der Waals surface area contributed by atoms with Gasteiger partial charge in [-0.15, -0.1) is 0 Å². The summed E-state index contributed by atoms with van der Waals surface area (Å²) in [4.78, 5) is 28.9. The predicted octanol–water partition coefficient (Wildman–Crippen LogP) is 5.12. The van der Waals surface area contributed by atoms with Crippen LogP contribution in [0.2, 0.25) is 0 Å². The maximum atomic E-state index is 12.6. The number of methoxy groups -OCH3 is 1. The number of unbranched alkanes of at least 4 members (excludes halogenated alkanes) is 1. The highest BCUT2D eigenvalue weighted by molar-refractivity contribution is 6.07. The molecule has 0 saturated carbocycles. The molecule has 0 fully saturated rings. The Morgan fingerprint density at radius 2 is 1.81 bits per heavy atom. The van der Waals surface area contributed by atoms with E-state index in [1.807, 2.05) is 24.3 Å². The minimum absolute atomic E-state index is 0.238. The Balaban J connectivity index is 2.01. The van der Waals surface area contributed by atoms with Crippen LogP contribution in [0.3, 0.4) is 0 Å². The van der Waals surface area contributed by atoms with Crippen molar-refractivity contribution in [2.45, 2.75) is 26.7 Å². The number of hydrogen-bond donors (Lipinski definition) is 1. The summed E-state index contributed by atoms with van der Waals surface area (Å²) in [6, 6.07) is 12.5. The van der Waals surface area contributed by atoms with Gasteiger partial charge in [-0.1, -0.05) is 13.3 Å². The van der Waals surface area contributed by atoms with Crippen molar-refractivity contribution in [1.82, 2.24) is 4.98 Å². The molecule has 0 radical (unpaired) electrons. The molecule has 3 aromatic rings. The number of carbonyl (C=O) groups is 2. The zero-order chi connectivity index (χ0) is 22.2. The summed E-state index contributed by atoms with van der Waals surface area (Å²) in [7, 11) is 1.32. The molecule has 31 heavy (non-hydrogen) atoms. The van der Waals surface area contributed by atoms with Crippen LogP contribution < -0.4 is 10.1 Å². The number of pyridine rings is 1. The van der Waals surface area contributed by atoms with Crippen molar-refractivity contribution in [2.24, 2.45) is 0 Å². The third-order valence-electron chi connectivity index (χ3n) is 4.67. The smallest absolute Gasteiger partial charge is 0.341 e. The van der Waals surface area contributed by atoms with Crippen LogP contribution in [0.5, 0.6) is 5.75 Å². The van der Waals surface area contributed by atoms with E-state index >= 15 is 0 Å². The topological polar surface area (TPSA) is 86.8 Å². The fraction of sp³-hybridized carbons (Fsp3) is 0.292. The summed E-state index contributed by atoms with van der Waals surface area (Å²) < 4.78 is 15.7. The summed E-state index contributed by atoms with van der Waals surface area (Å²) in [6.07, 6.45) is 3.54. The molecule has 1 N–H and O–H groups in total. The predicted molar refractivity (Wildman–Crippen MR) is 119 cm³/mol. The van der Waals surface area contributed by atoms with Crippen molar-refractivity contribution in [1.29, 1.82) is 0 Å². The molecule has 0 amide bonds. The summed E-state index contributed by atoms with van der Waals surface area (Å²) >= 11 is 0. The van der Waals surface area contributed by atoms with E-state index in [0.29, 0.717) is 28.8 Å². The summed E-state index contributed by atoms with van der Waals surface area (Å²) in [5, 5.41) is 3.89. The molecule has 0 aliphatic carbocycles. The first-order valence-corrected chi connectivity index (χ1v) is 10.3. The second-order valence-electron chi connectivity index (χ2n) is 6.84. The molecular formula is C24H26N2O5. The summed E-state index contributed by atoms with van der Waals surface area (Å²) in [5.74, 6) is -0.192. The zero-order valence-electron chi connectivity index (χ0n) is 17.9. The molecule has 0 spiro atoms. The molecule has 2 aromatic carbocycles. The highest BCUT2D eigenvalue weighted by Crippen LogP contribution is 2.31. The van der Waals surface area contributed by atoms with Crippen LogP contribution in [-0.2, 0) is 9.47 Å². The van der Waals surface area contributed by atoms with E-state index in [1.54, 1.807) is 25.1 Å². The lowest BCUT2D eigenvalue weighted by Gasteiger charge is -2.15. The SMILES string of the molecule is CCCCOc1ccc(Nc2c(C(=O)OCC)cnc3ccc(C(=O)OC)cc23)cc1. The van der Waals surface area contributed by atoms with Crippen molar-refractivity contribution in [3.63, 3.8) is 0 Å². The number of nitrogens with one attached hydrogen (secondary N) is 1. The molecule has 0 atom stereocenters. The van der Waals surface area contributed by atoms with E-state index in [4.69, 9.17) is 14.2 Å². The Kier molecular flexibility index (Phi) is 7.43. The molecule has 1 aromatic heterocycles. The quantitative estimate of drug-likeness (QED) is 0.378. The van der Waals surface area contributed by atoms with Crippen molar-refractivity contribution in [3.05, 3.63) is 59.8 Å². The largest absolute Gasteiger partial charge is 0.494 e. The molecule has 3 rings (SSSR count). The average molecular weight is 422 g/mol. The molecule has 0 aliphatic heterocycles. The van der Waals surface area contributed by atoms with Crippen LogP contribution in [-0.4, -0.2) is 37.2 Å². The number of hydrogen-bond acceptors (Lipinski definition) is 7. The second-order valence-corrected chi connectivity index (χ2v) is 6.84. The van der Waals surface area contributed by atoms with Gasteiger partial charge >= 0.3 is 11.9 Å². The number of esters is 2. The normalized spacial score (nSPS) is 10.5. The monoisotopic (exact) mass is 422 g/mol. The van der Waals surface area contributed by atoms with Crippen molar-refractivity contribution in [3.8, 4) is 5.75 Å². The maximum absolute atomic E-state index is 12.6. The Morgan fingerprint density at radius 1 is 1.03 bits per heavy atom. The van der Waals surface area contributed by atoms with Gasteiger partial charge in [0.25, 0.3) is 0 Å². The fourth-order valence-electron chi connectivity index (χ4n) is 3.05. The van der Waals surface area contributed by atoms with Gasteiger partial charge in [-0.3, -0.25) is 4.98 Å². The molecule has 0 unspecified atom stereocenters. The van der Waals surface area contributed by atoms with E-state index in [-0.39, 0.29) is 12.2 Å². The number of carbonyl (C=O) groups excluding carboxylic acids is 2. The van der Waals surface area contributed by atoms with Crippen LogP contribution in [0.25, 0.3) is 10.9 Å². The number of fused-ring (bicyclic) bond motifs is 1. The van der Waals surface area contributed by atoms with Crippen molar-refractivity contribution in [2.75, 3.05) is 25.6 Å². The molecule has 162 valence electrons. The van der Waals surface area contributed by atoms with Crippen molar-refractivity contribution >= 4 is 34.2 Å². The van der Waals surface area contributed by atoms with Crippen LogP contribution in [0, 0.1) is 0 Å². The number of anilines is 2.